The second kappa shape index (κ2) is 8.03. The van der Waals surface area contributed by atoms with E-state index in [1.807, 2.05) is 18.2 Å². The zero-order valence-corrected chi connectivity index (χ0v) is 10.9. The van der Waals surface area contributed by atoms with Gasteiger partial charge in [0.1, 0.15) is 6.61 Å². The van der Waals surface area contributed by atoms with Crippen molar-refractivity contribution in [3.05, 3.63) is 23.9 Å². The molecule has 0 fully saturated rings. The van der Waals surface area contributed by atoms with Crippen molar-refractivity contribution >= 4 is 0 Å². The van der Waals surface area contributed by atoms with Crippen molar-refractivity contribution in [3.63, 3.8) is 0 Å². The SMILES string of the molecule is COCCOc1cccc(CNCC(C)C)n1. The van der Waals surface area contributed by atoms with Crippen molar-refractivity contribution in [2.24, 2.45) is 5.92 Å². The first kappa shape index (κ1) is 13.9. The third kappa shape index (κ3) is 6.24. The third-order valence-electron chi connectivity index (χ3n) is 2.18. The average Bonchev–Trinajstić information content (AvgIpc) is 2.29. The first-order chi connectivity index (χ1) is 8.22. The Morgan fingerprint density at radius 2 is 2.12 bits per heavy atom. The van der Waals surface area contributed by atoms with E-state index in [2.05, 4.69) is 24.1 Å². The Bertz CT molecular complexity index is 316. The highest BCUT2D eigenvalue weighted by Crippen LogP contribution is 2.07. The Hall–Kier alpha value is -1.13. The Morgan fingerprint density at radius 1 is 1.29 bits per heavy atom. The van der Waals surface area contributed by atoms with E-state index in [-0.39, 0.29) is 0 Å². The molecule has 0 radical (unpaired) electrons. The fourth-order valence-corrected chi connectivity index (χ4v) is 1.35. The molecule has 1 N–H and O–H groups in total. The van der Waals surface area contributed by atoms with Crippen LogP contribution in [0.25, 0.3) is 0 Å². The van der Waals surface area contributed by atoms with E-state index in [0.29, 0.717) is 25.0 Å². The molecule has 0 saturated carbocycles. The molecule has 96 valence electrons. The number of pyridine rings is 1. The number of ether oxygens (including phenoxy) is 2. The molecule has 0 spiro atoms. The van der Waals surface area contributed by atoms with Crippen molar-refractivity contribution in [2.45, 2.75) is 20.4 Å². The normalized spacial score (nSPS) is 10.8. The van der Waals surface area contributed by atoms with Gasteiger partial charge >= 0.3 is 0 Å². The van der Waals surface area contributed by atoms with Gasteiger partial charge in [-0.15, -0.1) is 0 Å². The lowest BCUT2D eigenvalue weighted by Crippen LogP contribution is -2.19. The van der Waals surface area contributed by atoms with Crippen LogP contribution in [0.3, 0.4) is 0 Å². The quantitative estimate of drug-likeness (QED) is 0.702. The van der Waals surface area contributed by atoms with E-state index < -0.39 is 0 Å². The van der Waals surface area contributed by atoms with Crippen molar-refractivity contribution < 1.29 is 9.47 Å². The highest BCUT2D eigenvalue weighted by molar-refractivity contribution is 5.15. The standard InChI is InChI=1S/C13H22N2O2/c1-11(2)9-14-10-12-5-4-6-13(15-12)17-8-7-16-3/h4-6,11,14H,7-10H2,1-3H3. The van der Waals surface area contributed by atoms with Crippen molar-refractivity contribution in [3.8, 4) is 5.88 Å². The van der Waals surface area contributed by atoms with Gasteiger partial charge in [0.05, 0.1) is 12.3 Å². The lowest BCUT2D eigenvalue weighted by atomic mass is 10.2. The number of rotatable bonds is 8. The molecule has 1 heterocycles. The van der Waals surface area contributed by atoms with E-state index in [4.69, 9.17) is 9.47 Å². The van der Waals surface area contributed by atoms with Gasteiger partial charge in [-0.1, -0.05) is 19.9 Å². The van der Waals surface area contributed by atoms with Crippen LogP contribution >= 0.6 is 0 Å². The van der Waals surface area contributed by atoms with E-state index in [1.54, 1.807) is 7.11 Å². The summed E-state index contributed by atoms with van der Waals surface area (Å²) in [4.78, 5) is 4.40. The smallest absolute Gasteiger partial charge is 0.213 e. The van der Waals surface area contributed by atoms with E-state index in [0.717, 1.165) is 18.8 Å². The molecular weight excluding hydrogens is 216 g/mol. The average molecular weight is 238 g/mol. The second-order valence-corrected chi connectivity index (χ2v) is 4.33. The number of aromatic nitrogens is 1. The van der Waals surface area contributed by atoms with Gasteiger partial charge in [0, 0.05) is 19.7 Å². The van der Waals surface area contributed by atoms with Crippen LogP contribution in [0.4, 0.5) is 0 Å². The topological polar surface area (TPSA) is 43.4 Å². The Labute approximate surface area is 103 Å². The van der Waals surface area contributed by atoms with Crippen LogP contribution in [-0.4, -0.2) is 31.9 Å². The fourth-order valence-electron chi connectivity index (χ4n) is 1.35. The minimum absolute atomic E-state index is 0.534. The van der Waals surface area contributed by atoms with Crippen LogP contribution in [0.5, 0.6) is 5.88 Å². The molecular formula is C13H22N2O2. The molecule has 0 amide bonds. The molecule has 0 aliphatic rings. The molecule has 4 heteroatoms. The highest BCUT2D eigenvalue weighted by Gasteiger charge is 1.99. The summed E-state index contributed by atoms with van der Waals surface area (Å²) in [5.74, 6) is 1.31. The summed E-state index contributed by atoms with van der Waals surface area (Å²) in [5.41, 5.74) is 1.00. The summed E-state index contributed by atoms with van der Waals surface area (Å²) < 4.78 is 10.4. The van der Waals surface area contributed by atoms with Gasteiger partial charge in [0.25, 0.3) is 0 Å². The molecule has 1 aromatic heterocycles. The van der Waals surface area contributed by atoms with Crippen LogP contribution < -0.4 is 10.1 Å². The number of hydrogen-bond acceptors (Lipinski definition) is 4. The van der Waals surface area contributed by atoms with Crippen LogP contribution in [0.15, 0.2) is 18.2 Å². The molecule has 0 bridgehead atoms. The molecule has 17 heavy (non-hydrogen) atoms. The Morgan fingerprint density at radius 3 is 2.82 bits per heavy atom. The summed E-state index contributed by atoms with van der Waals surface area (Å²) in [6.45, 7) is 7.26. The summed E-state index contributed by atoms with van der Waals surface area (Å²) in [5, 5.41) is 3.35. The van der Waals surface area contributed by atoms with Gasteiger partial charge in [-0.05, 0) is 18.5 Å². The molecule has 0 atom stereocenters. The minimum atomic E-state index is 0.534. The first-order valence-electron chi connectivity index (χ1n) is 6.00. The van der Waals surface area contributed by atoms with Gasteiger partial charge in [0.2, 0.25) is 5.88 Å². The molecule has 0 saturated heterocycles. The zero-order chi connectivity index (χ0) is 12.5. The fraction of sp³-hybridized carbons (Fsp3) is 0.615. The predicted octanol–water partition coefficient (Wildman–Crippen LogP) is 1.85. The Kier molecular flexibility index (Phi) is 6.58. The molecule has 0 aliphatic heterocycles. The number of methoxy groups -OCH3 is 1. The van der Waals surface area contributed by atoms with Crippen LogP contribution in [0.2, 0.25) is 0 Å². The van der Waals surface area contributed by atoms with Gasteiger partial charge in [0.15, 0.2) is 0 Å². The molecule has 0 aromatic carbocycles. The van der Waals surface area contributed by atoms with Crippen molar-refractivity contribution in [1.29, 1.82) is 0 Å². The third-order valence-corrected chi connectivity index (χ3v) is 2.18. The molecule has 4 nitrogen and oxygen atoms in total. The van der Waals surface area contributed by atoms with E-state index >= 15 is 0 Å². The Balaban J connectivity index is 2.37. The van der Waals surface area contributed by atoms with Crippen LogP contribution in [0, 0.1) is 5.92 Å². The molecule has 0 aliphatic carbocycles. The molecule has 1 rings (SSSR count). The maximum atomic E-state index is 5.45. The lowest BCUT2D eigenvalue weighted by molar-refractivity contribution is 0.143. The zero-order valence-electron chi connectivity index (χ0n) is 10.9. The minimum Gasteiger partial charge on any atom is -0.475 e. The van der Waals surface area contributed by atoms with Gasteiger partial charge in [-0.25, -0.2) is 4.98 Å². The van der Waals surface area contributed by atoms with E-state index in [9.17, 15) is 0 Å². The number of nitrogens with one attached hydrogen (secondary N) is 1. The predicted molar refractivity (Wildman–Crippen MR) is 68.2 cm³/mol. The molecule has 0 unspecified atom stereocenters. The second-order valence-electron chi connectivity index (χ2n) is 4.33. The van der Waals surface area contributed by atoms with Crippen LogP contribution in [0.1, 0.15) is 19.5 Å². The largest absolute Gasteiger partial charge is 0.475 e. The summed E-state index contributed by atoms with van der Waals surface area (Å²) in [6, 6.07) is 5.82. The maximum absolute atomic E-state index is 5.45. The highest BCUT2D eigenvalue weighted by atomic mass is 16.5. The monoisotopic (exact) mass is 238 g/mol. The van der Waals surface area contributed by atoms with Gasteiger partial charge in [-0.3, -0.25) is 0 Å². The number of hydrogen-bond donors (Lipinski definition) is 1. The van der Waals surface area contributed by atoms with Gasteiger partial charge < -0.3 is 14.8 Å². The maximum Gasteiger partial charge on any atom is 0.213 e. The van der Waals surface area contributed by atoms with Crippen molar-refractivity contribution in [1.82, 2.24) is 10.3 Å². The lowest BCUT2D eigenvalue weighted by Gasteiger charge is -2.08. The van der Waals surface area contributed by atoms with Crippen molar-refractivity contribution in [2.75, 3.05) is 26.9 Å². The van der Waals surface area contributed by atoms with Crippen LogP contribution in [-0.2, 0) is 11.3 Å². The molecule has 1 aromatic rings. The summed E-state index contributed by atoms with van der Waals surface area (Å²) in [7, 11) is 1.66. The van der Waals surface area contributed by atoms with Gasteiger partial charge in [-0.2, -0.15) is 0 Å². The first-order valence-corrected chi connectivity index (χ1v) is 6.00. The summed E-state index contributed by atoms with van der Waals surface area (Å²) >= 11 is 0. The number of nitrogens with zero attached hydrogens (tertiary/aromatic N) is 1. The van der Waals surface area contributed by atoms with E-state index in [1.165, 1.54) is 0 Å². The summed E-state index contributed by atoms with van der Waals surface area (Å²) in [6.07, 6.45) is 0.